The summed E-state index contributed by atoms with van der Waals surface area (Å²) in [7, 11) is 3.92. The molecule has 0 bridgehead atoms. The third-order valence-corrected chi connectivity index (χ3v) is 3.55. The first-order valence-electron chi connectivity index (χ1n) is 7.16. The molecule has 2 heterocycles. The number of aromatic nitrogens is 1. The van der Waals surface area contributed by atoms with E-state index < -0.39 is 0 Å². The number of likely N-dealkylation sites (N-methyl/N-ethyl adjacent to an activating group) is 1. The summed E-state index contributed by atoms with van der Waals surface area (Å²) in [6.07, 6.45) is 1.68. The second-order valence-corrected chi connectivity index (χ2v) is 5.46. The van der Waals surface area contributed by atoms with Gasteiger partial charge in [0.05, 0.1) is 6.54 Å². The minimum atomic E-state index is -0.250. The van der Waals surface area contributed by atoms with Gasteiger partial charge >= 0.3 is 0 Å². The predicted octanol–water partition coefficient (Wildman–Crippen LogP) is 1.17. The van der Waals surface area contributed by atoms with Crippen molar-refractivity contribution in [2.75, 3.05) is 20.6 Å². The quantitative estimate of drug-likeness (QED) is 0.870. The van der Waals surface area contributed by atoms with Gasteiger partial charge in [0, 0.05) is 24.8 Å². The van der Waals surface area contributed by atoms with E-state index in [1.54, 1.807) is 30.5 Å². The highest BCUT2D eigenvalue weighted by atomic mass is 16.4. The van der Waals surface area contributed by atoms with Crippen LogP contribution in [0.1, 0.15) is 23.2 Å². The molecule has 0 saturated carbocycles. The number of amides is 1. The van der Waals surface area contributed by atoms with Crippen molar-refractivity contribution in [2.45, 2.75) is 19.5 Å². The van der Waals surface area contributed by atoms with Gasteiger partial charge in [-0.05, 0) is 39.2 Å². The minimum Gasteiger partial charge on any atom is -0.454 e. The molecule has 6 heteroatoms. The molecular weight excluding hydrogens is 282 g/mol. The van der Waals surface area contributed by atoms with Gasteiger partial charge < -0.3 is 19.2 Å². The smallest absolute Gasteiger partial charge is 0.287 e. The van der Waals surface area contributed by atoms with E-state index in [0.29, 0.717) is 18.8 Å². The molecule has 0 radical (unpaired) electrons. The highest BCUT2D eigenvalue weighted by Crippen LogP contribution is 2.09. The first-order chi connectivity index (χ1) is 10.5. The zero-order valence-electron chi connectivity index (χ0n) is 13.1. The molecule has 0 spiro atoms. The van der Waals surface area contributed by atoms with Gasteiger partial charge in [-0.3, -0.25) is 9.59 Å². The Bertz CT molecular complexity index is 688. The van der Waals surface area contributed by atoms with Gasteiger partial charge in [-0.1, -0.05) is 6.07 Å². The normalized spacial score (nSPS) is 12.4. The zero-order valence-corrected chi connectivity index (χ0v) is 13.1. The van der Waals surface area contributed by atoms with Crippen molar-refractivity contribution < 1.29 is 9.21 Å². The van der Waals surface area contributed by atoms with Gasteiger partial charge in [0.15, 0.2) is 5.76 Å². The molecule has 22 heavy (non-hydrogen) atoms. The van der Waals surface area contributed by atoms with Gasteiger partial charge in [-0.2, -0.15) is 0 Å². The lowest BCUT2D eigenvalue weighted by Crippen LogP contribution is -2.38. The summed E-state index contributed by atoms with van der Waals surface area (Å²) < 4.78 is 7.03. The summed E-state index contributed by atoms with van der Waals surface area (Å²) >= 11 is 0. The Balaban J connectivity index is 1.98. The van der Waals surface area contributed by atoms with Gasteiger partial charge in [-0.15, -0.1) is 0 Å². The highest BCUT2D eigenvalue weighted by molar-refractivity contribution is 5.91. The van der Waals surface area contributed by atoms with Crippen molar-refractivity contribution >= 4 is 5.91 Å². The van der Waals surface area contributed by atoms with Crippen LogP contribution in [0.3, 0.4) is 0 Å². The summed E-state index contributed by atoms with van der Waals surface area (Å²) in [5.41, 5.74) is -0.107. The molecule has 1 amide bonds. The van der Waals surface area contributed by atoms with Gasteiger partial charge in [-0.25, -0.2) is 0 Å². The van der Waals surface area contributed by atoms with Crippen LogP contribution < -0.4 is 10.9 Å². The number of hydrogen-bond acceptors (Lipinski definition) is 4. The van der Waals surface area contributed by atoms with Gasteiger partial charge in [0.25, 0.3) is 11.5 Å². The van der Waals surface area contributed by atoms with Crippen molar-refractivity contribution in [3.8, 4) is 0 Å². The second-order valence-electron chi connectivity index (χ2n) is 5.46. The average Bonchev–Trinajstić information content (AvgIpc) is 2.95. The minimum absolute atomic E-state index is 0.107. The molecule has 0 aliphatic carbocycles. The predicted molar refractivity (Wildman–Crippen MR) is 84.0 cm³/mol. The maximum absolute atomic E-state index is 12.0. The Morgan fingerprint density at radius 3 is 2.77 bits per heavy atom. The van der Waals surface area contributed by atoms with Gasteiger partial charge in [0.1, 0.15) is 5.76 Å². The molecule has 6 nitrogen and oxygen atoms in total. The van der Waals surface area contributed by atoms with E-state index in [9.17, 15) is 9.59 Å². The first-order valence-corrected chi connectivity index (χ1v) is 7.16. The molecule has 0 aromatic carbocycles. The lowest BCUT2D eigenvalue weighted by atomic mass is 10.3. The Labute approximate surface area is 129 Å². The van der Waals surface area contributed by atoms with E-state index in [0.717, 1.165) is 0 Å². The number of carbonyl (C=O) groups is 1. The van der Waals surface area contributed by atoms with E-state index in [4.69, 9.17) is 4.42 Å². The number of nitrogens with one attached hydrogen (secondary N) is 1. The average molecular weight is 303 g/mol. The summed E-state index contributed by atoms with van der Waals surface area (Å²) in [5, 5.41) is 2.83. The van der Waals surface area contributed by atoms with Crippen LogP contribution in [0, 0.1) is 0 Å². The fourth-order valence-electron chi connectivity index (χ4n) is 1.85. The van der Waals surface area contributed by atoms with Crippen LogP contribution in [-0.4, -0.2) is 42.1 Å². The van der Waals surface area contributed by atoms with E-state index in [1.165, 1.54) is 10.6 Å². The number of rotatable bonds is 6. The summed E-state index contributed by atoms with van der Waals surface area (Å²) in [6, 6.07) is 8.52. The van der Waals surface area contributed by atoms with Crippen molar-refractivity contribution in [2.24, 2.45) is 0 Å². The third-order valence-electron chi connectivity index (χ3n) is 3.55. The Morgan fingerprint density at radius 2 is 2.09 bits per heavy atom. The molecule has 2 aromatic heterocycles. The Morgan fingerprint density at radius 1 is 1.32 bits per heavy atom. The SMILES string of the molecule is C[C@@H](CNC(=O)c1ccc(Cn2ccccc2=O)o1)N(C)C. The van der Waals surface area contributed by atoms with Crippen LogP contribution in [0.5, 0.6) is 0 Å². The fraction of sp³-hybridized carbons (Fsp3) is 0.375. The van der Waals surface area contributed by atoms with Crippen LogP contribution in [-0.2, 0) is 6.54 Å². The molecule has 0 unspecified atom stereocenters. The van der Waals surface area contributed by atoms with Crippen molar-refractivity contribution in [3.63, 3.8) is 0 Å². The van der Waals surface area contributed by atoms with E-state index in [-0.39, 0.29) is 23.3 Å². The van der Waals surface area contributed by atoms with E-state index in [2.05, 4.69) is 5.32 Å². The topological polar surface area (TPSA) is 67.5 Å². The molecule has 0 aliphatic rings. The maximum atomic E-state index is 12.0. The number of furan rings is 1. The second kappa shape index (κ2) is 7.09. The maximum Gasteiger partial charge on any atom is 0.287 e. The molecule has 1 N–H and O–H groups in total. The lowest BCUT2D eigenvalue weighted by molar-refractivity contribution is 0.0914. The Kier molecular flexibility index (Phi) is 5.16. The van der Waals surface area contributed by atoms with E-state index in [1.807, 2.05) is 25.9 Å². The third kappa shape index (κ3) is 4.08. The van der Waals surface area contributed by atoms with Crippen LogP contribution in [0.4, 0.5) is 0 Å². The van der Waals surface area contributed by atoms with Crippen LogP contribution in [0.2, 0.25) is 0 Å². The van der Waals surface area contributed by atoms with Crippen LogP contribution >= 0.6 is 0 Å². The number of carbonyl (C=O) groups excluding carboxylic acids is 1. The lowest BCUT2D eigenvalue weighted by Gasteiger charge is -2.19. The van der Waals surface area contributed by atoms with Crippen molar-refractivity contribution in [1.82, 2.24) is 14.8 Å². The molecule has 1 atom stereocenters. The monoisotopic (exact) mass is 303 g/mol. The molecule has 2 aromatic rings. The standard InChI is InChI=1S/C16H21N3O3/c1-12(18(2)3)10-17-16(21)14-8-7-13(22-14)11-19-9-5-4-6-15(19)20/h4-9,12H,10-11H2,1-3H3,(H,17,21)/t12-/m0/s1. The summed E-state index contributed by atoms with van der Waals surface area (Å²) in [5.74, 6) is 0.574. The Hall–Kier alpha value is -2.34. The van der Waals surface area contributed by atoms with E-state index >= 15 is 0 Å². The van der Waals surface area contributed by atoms with Crippen molar-refractivity contribution in [3.05, 3.63) is 58.4 Å². The molecule has 2 rings (SSSR count). The molecular formula is C16H21N3O3. The number of pyridine rings is 1. The zero-order chi connectivity index (χ0) is 16.1. The first kappa shape index (κ1) is 16.0. The van der Waals surface area contributed by atoms with Crippen LogP contribution in [0.15, 0.2) is 45.7 Å². The molecule has 118 valence electrons. The number of nitrogens with zero attached hydrogens (tertiary/aromatic N) is 2. The highest BCUT2D eigenvalue weighted by Gasteiger charge is 2.13. The van der Waals surface area contributed by atoms with Crippen LogP contribution in [0.25, 0.3) is 0 Å². The fourth-order valence-corrected chi connectivity index (χ4v) is 1.85. The van der Waals surface area contributed by atoms with Gasteiger partial charge in [0.2, 0.25) is 0 Å². The van der Waals surface area contributed by atoms with Crippen molar-refractivity contribution in [1.29, 1.82) is 0 Å². The number of hydrogen-bond donors (Lipinski definition) is 1. The largest absolute Gasteiger partial charge is 0.454 e. The molecule has 0 saturated heterocycles. The summed E-state index contributed by atoms with van der Waals surface area (Å²) in [6.45, 7) is 2.87. The summed E-state index contributed by atoms with van der Waals surface area (Å²) in [4.78, 5) is 25.7. The molecule has 0 fully saturated rings. The molecule has 0 aliphatic heterocycles.